The van der Waals surface area contributed by atoms with E-state index >= 15 is 0 Å². The molecule has 2 aromatic heterocycles. The average Bonchev–Trinajstić information content (AvgIpc) is 3.52. The molecule has 0 aliphatic carbocycles. The summed E-state index contributed by atoms with van der Waals surface area (Å²) < 4.78 is 0. The minimum Gasteiger partial charge on any atom is -0.480 e. The molecule has 14 heteroatoms. The fourth-order valence-corrected chi connectivity index (χ4v) is 4.43. The zero-order chi connectivity index (χ0) is 31.2. The summed E-state index contributed by atoms with van der Waals surface area (Å²) in [6, 6.07) is 12.8. The molecule has 0 aliphatic rings. The van der Waals surface area contributed by atoms with Crippen LogP contribution in [0.25, 0.3) is 21.8 Å². The molecule has 0 fully saturated rings. The molecule has 0 aliphatic heterocycles. The van der Waals surface area contributed by atoms with Crippen LogP contribution < -0.4 is 5.73 Å². The number of H-pyrrole nitrogens is 2. The standard InChI is InChI=1S/C14H16N2O5.C14H13NO6/c15-10(12(17)18)6-14(21,13(19)20)5-8-7-16-11-4-2-1-3-9(8)11;16-11(12(17)18)6-14(21,13(19)20)5-8-7-15-10-4-2-1-3-9(8)10/h1-4,7,10,16,21H,5-6,15H2,(H,17,18)(H,19,20);1-4,7,15,21H,5-6H2,(H,17,18)(H,19,20). The number of aliphatic carboxylic acids is 4. The number of ketones is 1. The van der Waals surface area contributed by atoms with Crippen LogP contribution in [-0.4, -0.2) is 87.5 Å². The highest BCUT2D eigenvalue weighted by atomic mass is 16.4. The Hall–Kier alpha value is -5.05. The Morgan fingerprint density at radius 2 is 1.14 bits per heavy atom. The number of hydrogen-bond acceptors (Lipinski definition) is 8. The van der Waals surface area contributed by atoms with Crippen molar-refractivity contribution in [2.45, 2.75) is 42.9 Å². The van der Waals surface area contributed by atoms with Gasteiger partial charge < -0.3 is 46.3 Å². The van der Waals surface area contributed by atoms with E-state index in [9.17, 15) is 39.3 Å². The number of carbonyl (C=O) groups excluding carboxylic acids is 1. The first kappa shape index (κ1) is 31.5. The van der Waals surface area contributed by atoms with Gasteiger partial charge in [0, 0.05) is 53.5 Å². The second-order valence-electron chi connectivity index (χ2n) is 9.80. The number of carbonyl (C=O) groups is 5. The molecule has 14 nitrogen and oxygen atoms in total. The van der Waals surface area contributed by atoms with Gasteiger partial charge in [0.05, 0.1) is 6.42 Å². The third kappa shape index (κ3) is 7.17. The van der Waals surface area contributed by atoms with Crippen LogP contribution in [0.15, 0.2) is 60.9 Å². The Labute approximate surface area is 237 Å². The number of carboxylic acid groups (broad SMARTS) is 4. The summed E-state index contributed by atoms with van der Waals surface area (Å²) in [6.07, 6.45) is 0.974. The maximum absolute atomic E-state index is 11.3. The first-order valence-corrected chi connectivity index (χ1v) is 12.4. The van der Waals surface area contributed by atoms with E-state index in [1.807, 2.05) is 12.1 Å². The quantitative estimate of drug-likeness (QED) is 0.105. The molecule has 4 rings (SSSR count). The summed E-state index contributed by atoms with van der Waals surface area (Å²) in [5.41, 5.74) is 3.31. The van der Waals surface area contributed by atoms with Gasteiger partial charge in [0.1, 0.15) is 6.04 Å². The summed E-state index contributed by atoms with van der Waals surface area (Å²) >= 11 is 0. The molecule has 0 saturated heterocycles. The lowest BCUT2D eigenvalue weighted by Gasteiger charge is -2.24. The van der Waals surface area contributed by atoms with Crippen molar-refractivity contribution in [3.05, 3.63) is 72.1 Å². The minimum absolute atomic E-state index is 0.229. The highest BCUT2D eigenvalue weighted by Gasteiger charge is 2.41. The maximum Gasteiger partial charge on any atom is 0.372 e. The largest absolute Gasteiger partial charge is 0.480 e. The van der Waals surface area contributed by atoms with E-state index in [-0.39, 0.29) is 12.8 Å². The van der Waals surface area contributed by atoms with Crippen LogP contribution in [0.4, 0.5) is 0 Å². The number of benzene rings is 2. The second kappa shape index (κ2) is 12.6. The second-order valence-corrected chi connectivity index (χ2v) is 9.80. The molecule has 4 aromatic rings. The number of aromatic nitrogens is 2. The van der Waals surface area contributed by atoms with E-state index in [1.165, 1.54) is 6.20 Å². The van der Waals surface area contributed by atoms with E-state index in [4.69, 9.17) is 21.1 Å². The minimum atomic E-state index is -2.46. The Bertz CT molecular complexity index is 1640. The van der Waals surface area contributed by atoms with Gasteiger partial charge in [-0.25, -0.2) is 14.4 Å². The third-order valence-corrected chi connectivity index (χ3v) is 6.68. The van der Waals surface area contributed by atoms with Gasteiger partial charge in [-0.3, -0.25) is 9.59 Å². The molecule has 0 saturated carbocycles. The number of hydrogen-bond donors (Lipinski definition) is 9. The fourth-order valence-electron chi connectivity index (χ4n) is 4.43. The number of Topliss-reactive ketones (excluding diaryl/α,β-unsaturated/α-hetero) is 1. The van der Waals surface area contributed by atoms with Crippen molar-refractivity contribution < 1.29 is 54.6 Å². The number of aromatic amines is 2. The first-order chi connectivity index (χ1) is 19.7. The lowest BCUT2D eigenvalue weighted by atomic mass is 9.88. The van der Waals surface area contributed by atoms with Crippen molar-refractivity contribution in [1.29, 1.82) is 0 Å². The Balaban J connectivity index is 0.000000230. The molecule has 3 unspecified atom stereocenters. The Morgan fingerprint density at radius 1 is 0.714 bits per heavy atom. The van der Waals surface area contributed by atoms with E-state index in [0.717, 1.165) is 16.4 Å². The Morgan fingerprint density at radius 3 is 1.55 bits per heavy atom. The van der Waals surface area contributed by atoms with Crippen LogP contribution in [0.3, 0.4) is 0 Å². The zero-order valence-corrected chi connectivity index (χ0v) is 22.0. The molecule has 0 amide bonds. The SMILES string of the molecule is NC(CC(O)(Cc1c[nH]c2ccccc12)C(=O)O)C(=O)O.O=C(O)C(=O)CC(O)(Cc1c[nH]c2ccccc12)C(=O)O. The van der Waals surface area contributed by atoms with Crippen molar-refractivity contribution in [3.8, 4) is 0 Å². The van der Waals surface area contributed by atoms with Gasteiger partial charge >= 0.3 is 23.9 Å². The lowest BCUT2D eigenvalue weighted by molar-refractivity contribution is -0.163. The average molecular weight is 584 g/mol. The number of para-hydroxylation sites is 2. The number of nitrogens with two attached hydrogens (primary N) is 1. The molecule has 10 N–H and O–H groups in total. The molecule has 222 valence electrons. The van der Waals surface area contributed by atoms with E-state index in [0.29, 0.717) is 16.5 Å². The summed E-state index contributed by atoms with van der Waals surface area (Å²) in [6.45, 7) is 0. The van der Waals surface area contributed by atoms with Gasteiger partial charge in [-0.1, -0.05) is 36.4 Å². The van der Waals surface area contributed by atoms with Crippen LogP contribution in [0.2, 0.25) is 0 Å². The van der Waals surface area contributed by atoms with Crippen LogP contribution >= 0.6 is 0 Å². The van der Waals surface area contributed by atoms with Gasteiger partial charge in [-0.15, -0.1) is 0 Å². The van der Waals surface area contributed by atoms with E-state index in [2.05, 4.69) is 9.97 Å². The number of rotatable bonds is 12. The molecule has 0 radical (unpaired) electrons. The highest BCUT2D eigenvalue weighted by Crippen LogP contribution is 2.26. The molecule has 2 heterocycles. The molecular weight excluding hydrogens is 554 g/mol. The van der Waals surface area contributed by atoms with Gasteiger partial charge in [-0.2, -0.15) is 0 Å². The topological polar surface area (TPSA) is 264 Å². The predicted octanol–water partition coefficient (Wildman–Crippen LogP) is 0.898. The molecular formula is C28H29N3O11. The van der Waals surface area contributed by atoms with Gasteiger partial charge in [0.15, 0.2) is 11.2 Å². The van der Waals surface area contributed by atoms with Gasteiger partial charge in [0.25, 0.3) is 0 Å². The first-order valence-electron chi connectivity index (χ1n) is 12.4. The molecule has 3 atom stereocenters. The highest BCUT2D eigenvalue weighted by molar-refractivity contribution is 6.33. The lowest BCUT2D eigenvalue weighted by Crippen LogP contribution is -2.48. The third-order valence-electron chi connectivity index (χ3n) is 6.68. The number of fused-ring (bicyclic) bond motifs is 2. The zero-order valence-electron chi connectivity index (χ0n) is 22.0. The molecule has 42 heavy (non-hydrogen) atoms. The summed E-state index contributed by atoms with van der Waals surface area (Å²) in [7, 11) is 0. The molecule has 0 spiro atoms. The van der Waals surface area contributed by atoms with Crippen LogP contribution in [-0.2, 0) is 36.8 Å². The normalized spacial score (nSPS) is 14.6. The van der Waals surface area contributed by atoms with Crippen LogP contribution in [0.5, 0.6) is 0 Å². The predicted molar refractivity (Wildman–Crippen MR) is 147 cm³/mol. The molecule has 2 aromatic carbocycles. The summed E-state index contributed by atoms with van der Waals surface area (Å²) in [5, 5.41) is 57.6. The number of carboxylic acids is 4. The monoisotopic (exact) mass is 583 g/mol. The smallest absolute Gasteiger partial charge is 0.372 e. The van der Waals surface area contributed by atoms with Crippen molar-refractivity contribution in [2.24, 2.45) is 5.73 Å². The summed E-state index contributed by atoms with van der Waals surface area (Å²) in [5.74, 6) is -7.60. The van der Waals surface area contributed by atoms with Gasteiger partial charge in [0.2, 0.25) is 5.78 Å². The van der Waals surface area contributed by atoms with Crippen molar-refractivity contribution in [1.82, 2.24) is 9.97 Å². The number of nitrogens with one attached hydrogen (secondary N) is 2. The number of aliphatic hydroxyl groups is 2. The van der Waals surface area contributed by atoms with Crippen molar-refractivity contribution >= 4 is 51.5 Å². The van der Waals surface area contributed by atoms with Gasteiger partial charge in [-0.05, 0) is 23.3 Å². The van der Waals surface area contributed by atoms with Crippen LogP contribution in [0, 0.1) is 0 Å². The van der Waals surface area contributed by atoms with E-state index in [1.54, 1.807) is 42.6 Å². The van der Waals surface area contributed by atoms with Crippen molar-refractivity contribution in [3.63, 3.8) is 0 Å². The maximum atomic E-state index is 11.3. The summed E-state index contributed by atoms with van der Waals surface area (Å²) in [4.78, 5) is 61.0. The van der Waals surface area contributed by atoms with Crippen LogP contribution in [0.1, 0.15) is 24.0 Å². The fraction of sp³-hybridized carbons (Fsp3) is 0.250. The Kier molecular flexibility index (Phi) is 9.47. The van der Waals surface area contributed by atoms with Crippen molar-refractivity contribution in [2.75, 3.05) is 0 Å². The molecule has 0 bridgehead atoms. The van der Waals surface area contributed by atoms with E-state index < -0.39 is 59.7 Å².